The number of benzene rings is 1. The van der Waals surface area contributed by atoms with Crippen LogP contribution in [0.1, 0.15) is 5.56 Å². The summed E-state index contributed by atoms with van der Waals surface area (Å²) >= 11 is 2.22. The van der Waals surface area contributed by atoms with Gasteiger partial charge in [0.25, 0.3) is 0 Å². The second kappa shape index (κ2) is 7.77. The quantitative estimate of drug-likeness (QED) is 0.710. The van der Waals surface area contributed by atoms with Crippen molar-refractivity contribution >= 4 is 9.53 Å². The molecule has 1 aromatic carbocycles. The van der Waals surface area contributed by atoms with Crippen molar-refractivity contribution in [2.75, 3.05) is 0 Å². The molecule has 0 aliphatic carbocycles. The minimum atomic E-state index is 0.515. The van der Waals surface area contributed by atoms with E-state index in [1.165, 1.54) is 0 Å². The van der Waals surface area contributed by atoms with E-state index >= 15 is 0 Å². The van der Waals surface area contributed by atoms with Crippen LogP contribution in [-0.4, -0.2) is 0 Å². The average Bonchev–Trinajstić information content (AvgIpc) is 2.11. The van der Waals surface area contributed by atoms with Gasteiger partial charge >= 0.3 is 27.7 Å². The summed E-state index contributed by atoms with van der Waals surface area (Å²) in [7, 11) is 4.49. The molecule has 0 N–H and O–H groups in total. The second-order valence-electron chi connectivity index (χ2n) is 1.82. The van der Waals surface area contributed by atoms with Crippen LogP contribution in [0.5, 0.6) is 0 Å². The van der Waals surface area contributed by atoms with Crippen molar-refractivity contribution in [1.82, 2.24) is 0 Å². The van der Waals surface area contributed by atoms with Gasteiger partial charge in [0, 0.05) is 0 Å². The first-order valence-electron chi connectivity index (χ1n) is 2.96. The van der Waals surface area contributed by atoms with E-state index in [0.29, 0.717) is 6.42 Å². The Morgan fingerprint density at radius 1 is 1.27 bits per heavy atom. The average molecular weight is 259 g/mol. The van der Waals surface area contributed by atoms with E-state index in [2.05, 4.69) is 33.8 Å². The molecule has 0 atom stereocenters. The Labute approximate surface area is 81.4 Å². The molecule has 0 aliphatic rings. The van der Waals surface area contributed by atoms with E-state index in [4.69, 9.17) is 5.26 Å². The fourth-order valence-electron chi connectivity index (χ4n) is 0.687. The molecule has 0 heterocycles. The Balaban J connectivity index is 0.000000461. The molecule has 1 rings (SSSR count). The van der Waals surface area contributed by atoms with Crippen LogP contribution < -0.4 is 0 Å². The van der Waals surface area contributed by atoms with E-state index in [0.717, 1.165) is 5.56 Å². The first-order chi connectivity index (χ1) is 5.43. The van der Waals surface area contributed by atoms with Crippen molar-refractivity contribution in [2.45, 2.75) is 6.42 Å². The van der Waals surface area contributed by atoms with Crippen LogP contribution in [0.15, 0.2) is 30.3 Å². The molecule has 3 heteroatoms. The van der Waals surface area contributed by atoms with Gasteiger partial charge in [-0.2, -0.15) is 5.26 Å². The molecule has 0 saturated carbocycles. The summed E-state index contributed by atoms with van der Waals surface area (Å²) in [5, 5.41) is 8.27. The summed E-state index contributed by atoms with van der Waals surface area (Å²) in [5.41, 5.74) is 1.08. The third-order valence-corrected chi connectivity index (χ3v) is 1.13. The van der Waals surface area contributed by atoms with Gasteiger partial charge in [-0.15, -0.1) is 0 Å². The monoisotopic (exact) mass is 258 g/mol. The first kappa shape index (κ1) is 10.7. The van der Waals surface area contributed by atoms with Crippen molar-refractivity contribution in [3.05, 3.63) is 35.9 Å². The number of rotatable bonds is 1. The number of nitriles is 1. The molecule has 0 saturated heterocycles. The molecule has 0 unspecified atom stereocenters. The number of hydrogen-bond acceptors (Lipinski definition) is 1. The van der Waals surface area contributed by atoms with Crippen LogP contribution in [0.3, 0.4) is 0 Å². The molecular formula is C8H7ClNPd. The fourth-order valence-corrected chi connectivity index (χ4v) is 0.687. The van der Waals surface area contributed by atoms with Crippen molar-refractivity contribution in [3.63, 3.8) is 0 Å². The summed E-state index contributed by atoms with van der Waals surface area (Å²) in [6.07, 6.45) is 0.515. The predicted molar refractivity (Wildman–Crippen MR) is 41.6 cm³/mol. The van der Waals surface area contributed by atoms with Crippen LogP contribution in [0.25, 0.3) is 0 Å². The normalized spacial score (nSPS) is 7.45. The van der Waals surface area contributed by atoms with Crippen molar-refractivity contribution in [2.24, 2.45) is 0 Å². The van der Waals surface area contributed by atoms with Crippen molar-refractivity contribution in [3.8, 4) is 6.07 Å². The van der Waals surface area contributed by atoms with Crippen molar-refractivity contribution < 1.29 is 18.2 Å². The molecule has 0 radical (unpaired) electrons. The van der Waals surface area contributed by atoms with Gasteiger partial charge < -0.3 is 0 Å². The van der Waals surface area contributed by atoms with Crippen LogP contribution in [0.2, 0.25) is 0 Å². The van der Waals surface area contributed by atoms with Crippen LogP contribution in [0, 0.1) is 11.3 Å². The van der Waals surface area contributed by atoms with Gasteiger partial charge in [0.15, 0.2) is 0 Å². The van der Waals surface area contributed by atoms with Gasteiger partial charge in [-0.05, 0) is 5.56 Å². The number of hydrogen-bond donors (Lipinski definition) is 0. The maximum absolute atomic E-state index is 8.27. The van der Waals surface area contributed by atoms with Crippen molar-refractivity contribution in [1.29, 1.82) is 5.26 Å². The molecule has 1 nitrogen and oxygen atoms in total. The zero-order valence-corrected chi connectivity index (χ0v) is 8.05. The zero-order chi connectivity index (χ0) is 8.53. The molecule has 0 aliphatic heterocycles. The Morgan fingerprint density at radius 2 is 1.82 bits per heavy atom. The molecule has 0 aromatic heterocycles. The predicted octanol–water partition coefficient (Wildman–Crippen LogP) is 2.44. The molecular weight excluding hydrogens is 252 g/mol. The Hall–Kier alpha value is -0.338. The van der Waals surface area contributed by atoms with E-state index in [-0.39, 0.29) is 0 Å². The van der Waals surface area contributed by atoms with E-state index in [9.17, 15) is 0 Å². The summed E-state index contributed by atoms with van der Waals surface area (Å²) in [6, 6.07) is 11.8. The summed E-state index contributed by atoms with van der Waals surface area (Å²) in [5.74, 6) is 0. The van der Waals surface area contributed by atoms with Gasteiger partial charge in [-0.1, -0.05) is 30.3 Å². The SMILES string of the molecule is N#CCc1ccccc1.[Cl][Pd]. The van der Waals surface area contributed by atoms with Crippen LogP contribution in [-0.2, 0) is 24.6 Å². The summed E-state index contributed by atoms with van der Waals surface area (Å²) < 4.78 is 0. The molecule has 11 heavy (non-hydrogen) atoms. The topological polar surface area (TPSA) is 23.8 Å². The Kier molecular flexibility index (Phi) is 7.53. The van der Waals surface area contributed by atoms with Gasteiger partial charge in [-0.25, -0.2) is 0 Å². The third-order valence-electron chi connectivity index (χ3n) is 1.13. The molecule has 0 spiro atoms. The van der Waals surface area contributed by atoms with Crippen LogP contribution >= 0.6 is 9.53 Å². The van der Waals surface area contributed by atoms with E-state index < -0.39 is 0 Å². The zero-order valence-electron chi connectivity index (χ0n) is 5.74. The third kappa shape index (κ3) is 4.99. The van der Waals surface area contributed by atoms with Crippen LogP contribution in [0.4, 0.5) is 0 Å². The van der Waals surface area contributed by atoms with E-state index in [1.54, 1.807) is 0 Å². The second-order valence-corrected chi connectivity index (χ2v) is 1.82. The summed E-state index contributed by atoms with van der Waals surface area (Å²) in [6.45, 7) is 0. The van der Waals surface area contributed by atoms with Gasteiger partial charge in [-0.3, -0.25) is 0 Å². The first-order valence-corrected chi connectivity index (χ1v) is 4.96. The maximum atomic E-state index is 8.27. The molecule has 61 valence electrons. The van der Waals surface area contributed by atoms with Gasteiger partial charge in [0.1, 0.15) is 0 Å². The molecule has 0 amide bonds. The minimum absolute atomic E-state index is 0.515. The molecule has 0 bridgehead atoms. The van der Waals surface area contributed by atoms with E-state index in [1.807, 2.05) is 30.3 Å². The Bertz CT molecular complexity index is 217. The number of halogens is 1. The molecule has 1 aromatic rings. The fraction of sp³-hybridized carbons (Fsp3) is 0.125. The molecule has 0 fully saturated rings. The van der Waals surface area contributed by atoms with Gasteiger partial charge in [0.2, 0.25) is 0 Å². The number of nitrogens with zero attached hydrogens (tertiary/aromatic N) is 1. The van der Waals surface area contributed by atoms with Gasteiger partial charge in [0.05, 0.1) is 12.5 Å². The Morgan fingerprint density at radius 3 is 2.27 bits per heavy atom. The standard InChI is InChI=1S/C8H7N.ClH.Pd/c9-7-6-8-4-2-1-3-5-8;;/h1-5H,6H2;1H;/q;;+1/p-1. The summed E-state index contributed by atoms with van der Waals surface area (Å²) in [4.78, 5) is 0.